The van der Waals surface area contributed by atoms with Gasteiger partial charge in [0, 0.05) is 17.3 Å². The van der Waals surface area contributed by atoms with Gasteiger partial charge in [-0.3, -0.25) is 4.68 Å². The van der Waals surface area contributed by atoms with E-state index in [1.54, 1.807) is 18.5 Å². The fourth-order valence-electron chi connectivity index (χ4n) is 1.53. The number of aromatic nitrogens is 2. The lowest BCUT2D eigenvalue weighted by Crippen LogP contribution is -1.94. The van der Waals surface area contributed by atoms with E-state index in [1.807, 2.05) is 6.07 Å². The Kier molecular flexibility index (Phi) is 3.17. The summed E-state index contributed by atoms with van der Waals surface area (Å²) in [7, 11) is 0. The summed E-state index contributed by atoms with van der Waals surface area (Å²) in [4.78, 5) is 0. The summed E-state index contributed by atoms with van der Waals surface area (Å²) in [6.07, 6.45) is 3.25. The zero-order chi connectivity index (χ0) is 12.3. The molecular formula is C12H10FN3O. The second-order valence-corrected chi connectivity index (χ2v) is 3.55. The first-order valence-electron chi connectivity index (χ1n) is 5.03. The Morgan fingerprint density at radius 3 is 2.88 bits per heavy atom. The number of halogens is 1. The summed E-state index contributed by atoms with van der Waals surface area (Å²) in [5.74, 6) is -0.446. The van der Waals surface area contributed by atoms with Crippen LogP contribution in [-0.2, 0) is 13.2 Å². The van der Waals surface area contributed by atoms with Gasteiger partial charge in [0.05, 0.1) is 18.9 Å². The molecule has 0 amide bonds. The highest BCUT2D eigenvalue weighted by Gasteiger charge is 2.06. The number of nitriles is 1. The number of aliphatic hydroxyl groups is 1. The first-order chi connectivity index (χ1) is 8.24. The van der Waals surface area contributed by atoms with Crippen molar-refractivity contribution in [3.8, 4) is 17.2 Å². The molecule has 0 unspecified atom stereocenters. The van der Waals surface area contributed by atoms with Gasteiger partial charge in [-0.25, -0.2) is 4.39 Å². The molecule has 2 aromatic rings. The van der Waals surface area contributed by atoms with Gasteiger partial charge in [-0.1, -0.05) is 12.1 Å². The summed E-state index contributed by atoms with van der Waals surface area (Å²) < 4.78 is 14.9. The van der Waals surface area contributed by atoms with Gasteiger partial charge in [0.25, 0.3) is 0 Å². The lowest BCUT2D eigenvalue weighted by atomic mass is 10.1. The van der Waals surface area contributed by atoms with Crippen molar-refractivity contribution in [1.82, 2.24) is 9.78 Å². The standard InChI is InChI=1S/C12H10FN3O/c13-12-5-9(1-2-10(12)8-17)11-6-15-16(7-11)4-3-14/h1-2,5-7,17H,4,8H2. The number of aliphatic hydroxyl groups excluding tert-OH is 1. The fraction of sp³-hybridized carbons (Fsp3) is 0.167. The first kappa shape index (κ1) is 11.3. The zero-order valence-corrected chi connectivity index (χ0v) is 8.97. The largest absolute Gasteiger partial charge is 0.392 e. The molecule has 0 saturated heterocycles. The molecule has 0 fully saturated rings. The van der Waals surface area contributed by atoms with Crippen LogP contribution >= 0.6 is 0 Å². The van der Waals surface area contributed by atoms with Gasteiger partial charge in [0.1, 0.15) is 12.4 Å². The highest BCUT2D eigenvalue weighted by Crippen LogP contribution is 2.21. The molecule has 0 spiro atoms. The van der Waals surface area contributed by atoms with Gasteiger partial charge < -0.3 is 5.11 Å². The van der Waals surface area contributed by atoms with Gasteiger partial charge in [-0.15, -0.1) is 0 Å². The van der Waals surface area contributed by atoms with E-state index in [0.29, 0.717) is 5.56 Å². The van der Waals surface area contributed by atoms with Gasteiger partial charge >= 0.3 is 0 Å². The Morgan fingerprint density at radius 2 is 2.24 bits per heavy atom. The minimum absolute atomic E-state index is 0.164. The highest BCUT2D eigenvalue weighted by molar-refractivity contribution is 5.62. The second kappa shape index (κ2) is 4.76. The monoisotopic (exact) mass is 231 g/mol. The highest BCUT2D eigenvalue weighted by atomic mass is 19.1. The normalized spacial score (nSPS) is 10.2. The van der Waals surface area contributed by atoms with Crippen molar-refractivity contribution in [2.24, 2.45) is 0 Å². The molecule has 1 aromatic carbocycles. The van der Waals surface area contributed by atoms with Crippen molar-refractivity contribution >= 4 is 0 Å². The van der Waals surface area contributed by atoms with Gasteiger partial charge in [-0.2, -0.15) is 10.4 Å². The predicted molar refractivity (Wildman–Crippen MR) is 59.2 cm³/mol. The van der Waals surface area contributed by atoms with E-state index in [4.69, 9.17) is 10.4 Å². The van der Waals surface area contributed by atoms with E-state index in [1.165, 1.54) is 16.8 Å². The molecule has 5 heteroatoms. The molecular weight excluding hydrogens is 221 g/mol. The first-order valence-corrected chi connectivity index (χ1v) is 5.03. The third kappa shape index (κ3) is 2.32. The van der Waals surface area contributed by atoms with E-state index in [9.17, 15) is 4.39 Å². The summed E-state index contributed by atoms with van der Waals surface area (Å²) in [5, 5.41) is 21.4. The van der Waals surface area contributed by atoms with Crippen LogP contribution in [0.4, 0.5) is 4.39 Å². The maximum absolute atomic E-state index is 13.5. The number of rotatable bonds is 3. The summed E-state index contributed by atoms with van der Waals surface area (Å²) in [6.45, 7) is -0.156. The molecule has 86 valence electrons. The van der Waals surface area contributed by atoms with Gasteiger partial charge in [0.2, 0.25) is 0 Å². The Morgan fingerprint density at radius 1 is 1.41 bits per heavy atom. The van der Waals surface area contributed by atoms with Crippen molar-refractivity contribution in [2.75, 3.05) is 0 Å². The summed E-state index contributed by atoms with van der Waals surface area (Å²) >= 11 is 0. The molecule has 0 aliphatic heterocycles. The molecule has 1 N–H and O–H groups in total. The quantitative estimate of drug-likeness (QED) is 0.874. The van der Waals surface area contributed by atoms with Crippen molar-refractivity contribution in [2.45, 2.75) is 13.2 Å². The third-order valence-electron chi connectivity index (χ3n) is 2.42. The molecule has 2 rings (SSSR count). The van der Waals surface area contributed by atoms with Crippen LogP contribution in [0.25, 0.3) is 11.1 Å². The Labute approximate surface area is 97.5 Å². The molecule has 4 nitrogen and oxygen atoms in total. The van der Waals surface area contributed by atoms with Crippen LogP contribution in [0.1, 0.15) is 5.56 Å². The number of hydrogen-bond acceptors (Lipinski definition) is 3. The second-order valence-electron chi connectivity index (χ2n) is 3.55. The number of benzene rings is 1. The Hall–Kier alpha value is -2.19. The molecule has 0 aliphatic rings. The summed E-state index contributed by atoms with van der Waals surface area (Å²) in [6, 6.07) is 6.56. The number of hydrogen-bond donors (Lipinski definition) is 1. The fourth-order valence-corrected chi connectivity index (χ4v) is 1.53. The van der Waals surface area contributed by atoms with E-state index in [2.05, 4.69) is 5.10 Å². The van der Waals surface area contributed by atoms with E-state index < -0.39 is 5.82 Å². The minimum atomic E-state index is -0.446. The molecule has 17 heavy (non-hydrogen) atoms. The number of nitrogens with zero attached hydrogens (tertiary/aromatic N) is 3. The SMILES string of the molecule is N#CCn1cc(-c2ccc(CO)c(F)c2)cn1. The third-order valence-corrected chi connectivity index (χ3v) is 2.42. The molecule has 0 aliphatic carbocycles. The van der Waals surface area contributed by atoms with E-state index >= 15 is 0 Å². The Bertz CT molecular complexity index is 571. The van der Waals surface area contributed by atoms with Crippen molar-refractivity contribution < 1.29 is 9.50 Å². The minimum Gasteiger partial charge on any atom is -0.392 e. The van der Waals surface area contributed by atoms with Crippen LogP contribution < -0.4 is 0 Å². The molecule has 0 atom stereocenters. The van der Waals surface area contributed by atoms with Crippen molar-refractivity contribution in [1.29, 1.82) is 5.26 Å². The maximum Gasteiger partial charge on any atom is 0.129 e. The van der Waals surface area contributed by atoms with E-state index in [0.717, 1.165) is 5.56 Å². The molecule has 0 saturated carbocycles. The lowest BCUT2D eigenvalue weighted by molar-refractivity contribution is 0.276. The average molecular weight is 231 g/mol. The van der Waals surface area contributed by atoms with Crippen LogP contribution in [0.5, 0.6) is 0 Å². The van der Waals surface area contributed by atoms with Crippen LogP contribution in [0, 0.1) is 17.1 Å². The van der Waals surface area contributed by atoms with Gasteiger partial charge in [-0.05, 0) is 11.6 Å². The summed E-state index contributed by atoms with van der Waals surface area (Å²) in [5.41, 5.74) is 1.67. The molecule has 1 aromatic heterocycles. The molecule has 0 radical (unpaired) electrons. The van der Waals surface area contributed by atoms with Crippen LogP contribution in [0.3, 0.4) is 0 Å². The van der Waals surface area contributed by atoms with Crippen molar-refractivity contribution in [3.63, 3.8) is 0 Å². The molecule has 0 bridgehead atoms. The van der Waals surface area contributed by atoms with Crippen LogP contribution in [0.15, 0.2) is 30.6 Å². The van der Waals surface area contributed by atoms with Gasteiger partial charge in [0.15, 0.2) is 0 Å². The average Bonchev–Trinajstić information content (AvgIpc) is 2.78. The van der Waals surface area contributed by atoms with Crippen molar-refractivity contribution in [3.05, 3.63) is 42.0 Å². The molecule has 1 heterocycles. The smallest absolute Gasteiger partial charge is 0.129 e. The maximum atomic E-state index is 13.5. The van der Waals surface area contributed by atoms with Crippen LogP contribution in [0.2, 0.25) is 0 Å². The predicted octanol–water partition coefficient (Wildman–Crippen LogP) is 1.71. The topological polar surface area (TPSA) is 61.8 Å². The lowest BCUT2D eigenvalue weighted by Gasteiger charge is -2.01. The van der Waals surface area contributed by atoms with Crippen LogP contribution in [-0.4, -0.2) is 14.9 Å². The zero-order valence-electron chi connectivity index (χ0n) is 8.97. The Balaban J connectivity index is 2.33. The van der Waals surface area contributed by atoms with E-state index in [-0.39, 0.29) is 18.7 Å².